The minimum Gasteiger partial charge on any atom is -0.478 e. The van der Waals surface area contributed by atoms with Crippen molar-refractivity contribution in [1.82, 2.24) is 4.98 Å². The number of halogens is 1. The van der Waals surface area contributed by atoms with E-state index in [-0.39, 0.29) is 40.4 Å². The molecule has 38 heavy (non-hydrogen) atoms. The van der Waals surface area contributed by atoms with Crippen molar-refractivity contribution >= 4 is 5.97 Å². The number of carboxylic acid groups (broad SMARTS) is 1. The summed E-state index contributed by atoms with van der Waals surface area (Å²) in [4.78, 5) is 14.9. The number of aliphatic hydroxyl groups excluding tert-OH is 2. The predicted molar refractivity (Wildman–Crippen MR) is 142 cm³/mol. The normalized spacial score (nSPS) is 43.0. The lowest BCUT2D eigenvalue weighted by Gasteiger charge is -2.64. The number of aromatic nitrogens is 1. The third-order valence-corrected chi connectivity index (χ3v) is 12.0. The molecule has 4 aliphatic rings. The Hall–Kier alpha value is -1.73. The molecule has 0 saturated heterocycles. The molecule has 0 aromatic carbocycles. The summed E-state index contributed by atoms with van der Waals surface area (Å²) >= 11 is 0. The number of aromatic carboxylic acids is 1. The van der Waals surface area contributed by atoms with E-state index >= 15 is 0 Å². The average molecular weight is 532 g/mol. The van der Waals surface area contributed by atoms with Crippen LogP contribution in [0.15, 0.2) is 12.3 Å². The summed E-state index contributed by atoms with van der Waals surface area (Å²) in [6.07, 6.45) is 9.78. The molecule has 0 bridgehead atoms. The molecule has 0 amide bonds. The number of fused-ring (bicyclic) bond motifs is 5. The summed E-state index contributed by atoms with van der Waals surface area (Å²) in [6.45, 7) is 9.76. The smallest absolute Gasteiger partial charge is 0.337 e. The lowest BCUT2D eigenvalue weighted by molar-refractivity contribution is -0.203. The number of hydrogen-bond acceptors (Lipinski definition) is 5. The van der Waals surface area contributed by atoms with Gasteiger partial charge in [0.2, 0.25) is 5.88 Å². The maximum atomic E-state index is 14.3. The monoisotopic (exact) mass is 531 g/mol. The van der Waals surface area contributed by atoms with E-state index < -0.39 is 11.8 Å². The first-order chi connectivity index (χ1) is 18.0. The Morgan fingerprint density at radius 3 is 2.53 bits per heavy atom. The highest BCUT2D eigenvalue weighted by Crippen LogP contribution is 2.69. The summed E-state index contributed by atoms with van der Waals surface area (Å²) in [5.41, 5.74) is 0.184. The van der Waals surface area contributed by atoms with Crippen LogP contribution in [0.4, 0.5) is 4.39 Å². The van der Waals surface area contributed by atoms with Gasteiger partial charge in [-0.05, 0) is 110 Å². The van der Waals surface area contributed by atoms with Gasteiger partial charge in [-0.25, -0.2) is 14.2 Å². The lowest BCUT2D eigenvalue weighted by Crippen LogP contribution is -2.62. The molecule has 0 spiro atoms. The zero-order valence-electron chi connectivity index (χ0n) is 23.4. The highest BCUT2D eigenvalue weighted by atomic mass is 19.1. The molecule has 7 heteroatoms. The van der Waals surface area contributed by atoms with E-state index in [0.717, 1.165) is 63.6 Å². The van der Waals surface area contributed by atoms with Crippen molar-refractivity contribution in [2.45, 2.75) is 97.7 Å². The first kappa shape index (κ1) is 27.8. The van der Waals surface area contributed by atoms with Crippen LogP contribution in [0.3, 0.4) is 0 Å². The SMILES string of the molecule is CC[C@H]1[C@@H](O)[C@H]2C3CC[C@H]([C@H](C)CCOc4ncc(C(=O)O)cc4F)[C@@]3(C)CC[C@@H]2[C@@]2(C)CC[C@@H](O)C[C@@H]12. The summed E-state index contributed by atoms with van der Waals surface area (Å²) in [5, 5.41) is 31.4. The van der Waals surface area contributed by atoms with Crippen LogP contribution in [0.1, 0.15) is 95.8 Å². The molecule has 4 aliphatic carbocycles. The number of carboxylic acids is 1. The topological polar surface area (TPSA) is 99.9 Å². The predicted octanol–water partition coefficient (Wildman–Crippen LogP) is 5.95. The Balaban J connectivity index is 1.28. The van der Waals surface area contributed by atoms with E-state index in [1.165, 1.54) is 6.42 Å². The summed E-state index contributed by atoms with van der Waals surface area (Å²) in [6, 6.07) is 0.951. The van der Waals surface area contributed by atoms with Crippen molar-refractivity contribution in [3.05, 3.63) is 23.6 Å². The van der Waals surface area contributed by atoms with Gasteiger partial charge < -0.3 is 20.1 Å². The first-order valence-corrected chi connectivity index (χ1v) is 14.9. The molecule has 3 N–H and O–H groups in total. The third-order valence-electron chi connectivity index (χ3n) is 12.0. The number of carbonyl (C=O) groups is 1. The van der Waals surface area contributed by atoms with E-state index in [0.29, 0.717) is 42.1 Å². The molecule has 0 aliphatic heterocycles. The molecular weight excluding hydrogens is 485 g/mol. The van der Waals surface area contributed by atoms with E-state index in [1.54, 1.807) is 0 Å². The largest absolute Gasteiger partial charge is 0.478 e. The minimum atomic E-state index is -1.21. The summed E-state index contributed by atoms with van der Waals surface area (Å²) < 4.78 is 19.9. The highest BCUT2D eigenvalue weighted by Gasteiger charge is 2.64. The van der Waals surface area contributed by atoms with Crippen LogP contribution in [-0.2, 0) is 0 Å². The van der Waals surface area contributed by atoms with Crippen LogP contribution in [0.5, 0.6) is 5.88 Å². The quantitative estimate of drug-likeness (QED) is 0.402. The molecule has 4 fully saturated rings. The average Bonchev–Trinajstić information content (AvgIpc) is 3.23. The number of rotatable bonds is 7. The van der Waals surface area contributed by atoms with Gasteiger partial charge in [0.25, 0.3) is 0 Å². The molecule has 212 valence electrons. The minimum absolute atomic E-state index is 0.144. The van der Waals surface area contributed by atoms with Gasteiger partial charge in [0.15, 0.2) is 5.82 Å². The Bertz CT molecular complexity index is 1040. The molecule has 11 atom stereocenters. The highest BCUT2D eigenvalue weighted by molar-refractivity contribution is 5.87. The van der Waals surface area contributed by atoms with Gasteiger partial charge in [-0.3, -0.25) is 0 Å². The lowest BCUT2D eigenvalue weighted by atomic mass is 9.41. The van der Waals surface area contributed by atoms with E-state index in [9.17, 15) is 19.4 Å². The second kappa shape index (κ2) is 10.3. The van der Waals surface area contributed by atoms with Crippen molar-refractivity contribution in [1.29, 1.82) is 0 Å². The molecule has 0 radical (unpaired) electrons. The number of hydrogen-bond donors (Lipinski definition) is 3. The standard InChI is InChI=1S/C31H46FNO5/c1-5-20-24-15-19(34)8-11-31(24,4)23-9-12-30(3)21(6-7-22(30)26(23)27(20)35)17(2)10-13-38-28-25(32)14-18(16-33-28)29(36)37/h14,16-17,19-24,26-27,34-35H,5-13,15H2,1-4H3,(H,36,37)/t17-,19-,20-,21-,22?,23+,24+,26+,27-,30-,31-/m1/s1. The number of nitrogens with zero attached hydrogens (tertiary/aromatic N) is 1. The molecule has 5 rings (SSSR count). The van der Waals surface area contributed by atoms with Crippen molar-refractivity contribution in [3.63, 3.8) is 0 Å². The van der Waals surface area contributed by atoms with Gasteiger partial charge in [0.05, 0.1) is 24.4 Å². The first-order valence-electron chi connectivity index (χ1n) is 14.9. The van der Waals surface area contributed by atoms with Crippen molar-refractivity contribution in [3.8, 4) is 5.88 Å². The summed E-state index contributed by atoms with van der Waals surface area (Å²) in [7, 11) is 0. The van der Waals surface area contributed by atoms with Crippen LogP contribution in [-0.4, -0.2) is 45.1 Å². The Morgan fingerprint density at radius 1 is 1.13 bits per heavy atom. The zero-order chi connectivity index (χ0) is 27.4. The molecule has 1 heterocycles. The van der Waals surface area contributed by atoms with Gasteiger partial charge in [-0.15, -0.1) is 0 Å². The molecule has 1 aromatic heterocycles. The fourth-order valence-corrected chi connectivity index (χ4v) is 10.1. The molecule has 6 nitrogen and oxygen atoms in total. The van der Waals surface area contributed by atoms with Crippen molar-refractivity contribution < 1.29 is 29.2 Å². The van der Waals surface area contributed by atoms with Crippen LogP contribution in [0, 0.1) is 58.1 Å². The number of aliphatic hydroxyl groups is 2. The zero-order valence-corrected chi connectivity index (χ0v) is 23.4. The molecule has 4 saturated carbocycles. The van der Waals surface area contributed by atoms with E-state index in [4.69, 9.17) is 9.84 Å². The second-order valence-electron chi connectivity index (χ2n) is 13.6. The molecule has 1 unspecified atom stereocenters. The summed E-state index contributed by atoms with van der Waals surface area (Å²) in [5.74, 6) is 0.833. The van der Waals surface area contributed by atoms with Gasteiger partial charge in [-0.1, -0.05) is 34.1 Å². The Kier molecular flexibility index (Phi) is 7.58. The van der Waals surface area contributed by atoms with Gasteiger partial charge in [0, 0.05) is 6.20 Å². The van der Waals surface area contributed by atoms with Crippen LogP contribution in [0.2, 0.25) is 0 Å². The third kappa shape index (κ3) is 4.46. The Morgan fingerprint density at radius 2 is 1.84 bits per heavy atom. The van der Waals surface area contributed by atoms with Gasteiger partial charge in [-0.2, -0.15) is 0 Å². The second-order valence-corrected chi connectivity index (χ2v) is 13.6. The Labute approximate surface area is 226 Å². The van der Waals surface area contributed by atoms with E-state index in [1.807, 2.05) is 0 Å². The van der Waals surface area contributed by atoms with Crippen molar-refractivity contribution in [2.75, 3.05) is 6.61 Å². The molecular formula is C31H46FNO5. The maximum Gasteiger partial charge on any atom is 0.337 e. The van der Waals surface area contributed by atoms with Crippen LogP contribution in [0.25, 0.3) is 0 Å². The fourth-order valence-electron chi connectivity index (χ4n) is 10.1. The molecule has 1 aromatic rings. The van der Waals surface area contributed by atoms with Gasteiger partial charge >= 0.3 is 5.97 Å². The van der Waals surface area contributed by atoms with Gasteiger partial charge in [0.1, 0.15) is 0 Å². The van der Waals surface area contributed by atoms with Crippen molar-refractivity contribution in [2.24, 2.45) is 52.3 Å². The van der Waals surface area contributed by atoms with Crippen LogP contribution >= 0.6 is 0 Å². The van der Waals surface area contributed by atoms with E-state index in [2.05, 4.69) is 32.7 Å². The number of ether oxygens (including phenoxy) is 1. The number of pyridine rings is 1. The maximum absolute atomic E-state index is 14.3. The van der Waals surface area contributed by atoms with Crippen LogP contribution < -0.4 is 4.74 Å². The fraction of sp³-hybridized carbons (Fsp3) is 0.806.